The molecule has 0 saturated heterocycles. The summed E-state index contributed by atoms with van der Waals surface area (Å²) in [5.41, 5.74) is 1.86. The number of aromatic nitrogens is 3. The van der Waals surface area contributed by atoms with Gasteiger partial charge in [-0.3, -0.25) is 0 Å². The van der Waals surface area contributed by atoms with Crippen LogP contribution in [0.3, 0.4) is 0 Å². The third-order valence-corrected chi connectivity index (χ3v) is 6.26. The molecule has 172 valence electrons. The Balaban J connectivity index is 0.00000289. The second-order valence-corrected chi connectivity index (χ2v) is 8.97. The van der Waals surface area contributed by atoms with Crippen LogP contribution in [0.25, 0.3) is 5.69 Å². The number of rotatable bonds is 9. The zero-order chi connectivity index (χ0) is 22.0. The van der Waals surface area contributed by atoms with E-state index in [1.54, 1.807) is 6.07 Å². The lowest BCUT2D eigenvalue weighted by atomic mass is 9.99. The highest BCUT2D eigenvalue weighted by Gasteiger charge is 2.32. The molecule has 1 unspecified atom stereocenters. The minimum Gasteiger partial charge on any atom is -0.332 e. The van der Waals surface area contributed by atoms with Crippen LogP contribution in [-0.2, 0) is 6.42 Å². The number of halogens is 4. The highest BCUT2D eigenvalue weighted by atomic mass is 35.5. The smallest absolute Gasteiger partial charge is 0.245 e. The Morgan fingerprint density at radius 2 is 1.84 bits per heavy atom. The van der Waals surface area contributed by atoms with E-state index in [0.29, 0.717) is 21.9 Å². The number of anilines is 1. The molecule has 2 aromatic carbocycles. The van der Waals surface area contributed by atoms with Gasteiger partial charge in [0.2, 0.25) is 5.95 Å². The van der Waals surface area contributed by atoms with Crippen molar-refractivity contribution in [1.82, 2.24) is 14.8 Å². The first-order chi connectivity index (χ1) is 15.0. The first-order valence-electron chi connectivity index (χ1n) is 10.9. The molecule has 4 rings (SSSR count). The number of nitrogens with zero attached hydrogens (tertiary/aromatic N) is 4. The van der Waals surface area contributed by atoms with Gasteiger partial charge >= 0.3 is 0 Å². The minimum atomic E-state index is -0.219. The molecule has 4 nitrogen and oxygen atoms in total. The predicted octanol–water partition coefficient (Wildman–Crippen LogP) is 7.46. The number of aryl methyl sites for hydroxylation is 1. The summed E-state index contributed by atoms with van der Waals surface area (Å²) >= 11 is 12.6. The van der Waals surface area contributed by atoms with Gasteiger partial charge in [-0.1, -0.05) is 62.0 Å². The van der Waals surface area contributed by atoms with Gasteiger partial charge in [-0.25, -0.2) is 9.07 Å². The summed E-state index contributed by atoms with van der Waals surface area (Å²) in [5, 5.41) is 6.00. The van der Waals surface area contributed by atoms with E-state index in [1.165, 1.54) is 25.0 Å². The minimum absolute atomic E-state index is 0. The fourth-order valence-corrected chi connectivity index (χ4v) is 4.45. The molecular weight excluding hydrogens is 470 g/mol. The second-order valence-electron chi connectivity index (χ2n) is 8.13. The largest absolute Gasteiger partial charge is 0.332 e. The monoisotopic (exact) mass is 496 g/mol. The van der Waals surface area contributed by atoms with E-state index in [4.69, 9.17) is 33.3 Å². The van der Waals surface area contributed by atoms with Crippen LogP contribution in [0.2, 0.25) is 10.0 Å². The van der Waals surface area contributed by atoms with E-state index >= 15 is 0 Å². The van der Waals surface area contributed by atoms with E-state index in [9.17, 15) is 4.39 Å². The van der Waals surface area contributed by atoms with E-state index in [-0.39, 0.29) is 24.3 Å². The van der Waals surface area contributed by atoms with E-state index in [1.807, 2.05) is 28.9 Å². The molecule has 1 fully saturated rings. The van der Waals surface area contributed by atoms with Crippen LogP contribution in [0.15, 0.2) is 42.5 Å². The predicted molar refractivity (Wildman–Crippen MR) is 132 cm³/mol. The molecule has 0 aliphatic heterocycles. The van der Waals surface area contributed by atoms with Gasteiger partial charge in [0.25, 0.3) is 0 Å². The van der Waals surface area contributed by atoms with Crippen molar-refractivity contribution in [2.75, 3.05) is 11.4 Å². The summed E-state index contributed by atoms with van der Waals surface area (Å²) in [4.78, 5) is 7.16. The topological polar surface area (TPSA) is 34.0 Å². The van der Waals surface area contributed by atoms with Gasteiger partial charge in [0, 0.05) is 18.0 Å². The third kappa shape index (κ3) is 5.56. The normalized spacial score (nSPS) is 14.2. The molecule has 1 heterocycles. The highest BCUT2D eigenvalue weighted by molar-refractivity contribution is 6.35. The lowest BCUT2D eigenvalue weighted by Gasteiger charge is -2.31. The summed E-state index contributed by atoms with van der Waals surface area (Å²) in [6.45, 7) is 5.02. The van der Waals surface area contributed by atoms with Crippen LogP contribution < -0.4 is 4.90 Å². The molecule has 1 aliphatic rings. The van der Waals surface area contributed by atoms with Crippen LogP contribution >= 0.6 is 35.6 Å². The Bertz CT molecular complexity index is 1030. The first-order valence-corrected chi connectivity index (χ1v) is 11.7. The molecule has 1 saturated carbocycles. The van der Waals surface area contributed by atoms with Crippen molar-refractivity contribution in [3.63, 3.8) is 0 Å². The van der Waals surface area contributed by atoms with Crippen LogP contribution in [-0.4, -0.2) is 21.3 Å². The fourth-order valence-electron chi connectivity index (χ4n) is 3.96. The molecule has 0 N–H and O–H groups in total. The van der Waals surface area contributed by atoms with Crippen LogP contribution in [0.5, 0.6) is 0 Å². The maximum absolute atomic E-state index is 13.6. The molecule has 8 heteroatoms. The van der Waals surface area contributed by atoms with Crippen molar-refractivity contribution in [2.45, 2.75) is 52.0 Å². The first kappa shape index (κ1) is 24.8. The van der Waals surface area contributed by atoms with Crippen LogP contribution in [0, 0.1) is 11.7 Å². The molecule has 1 aromatic heterocycles. The van der Waals surface area contributed by atoms with Crippen molar-refractivity contribution >= 4 is 41.6 Å². The van der Waals surface area contributed by atoms with E-state index in [2.05, 4.69) is 18.7 Å². The zero-order valence-corrected chi connectivity index (χ0v) is 20.6. The summed E-state index contributed by atoms with van der Waals surface area (Å²) in [6, 6.07) is 12.4. The maximum atomic E-state index is 13.6. The van der Waals surface area contributed by atoms with Gasteiger partial charge in [-0.2, -0.15) is 4.98 Å². The van der Waals surface area contributed by atoms with Crippen LogP contribution in [0.4, 0.5) is 10.3 Å². The molecule has 0 spiro atoms. The Kier molecular flexibility index (Phi) is 8.43. The highest BCUT2D eigenvalue weighted by Crippen LogP contribution is 2.41. The zero-order valence-electron chi connectivity index (χ0n) is 18.3. The van der Waals surface area contributed by atoms with Gasteiger partial charge in [0.15, 0.2) is 0 Å². The molecular formula is C24H28Cl3FN4. The molecule has 0 amide bonds. The van der Waals surface area contributed by atoms with Crippen LogP contribution in [0.1, 0.15) is 57.0 Å². The summed E-state index contributed by atoms with van der Waals surface area (Å²) in [6.07, 6.45) is 5.19. The van der Waals surface area contributed by atoms with Crippen molar-refractivity contribution in [3.05, 3.63) is 69.7 Å². The lowest BCUT2D eigenvalue weighted by Crippen LogP contribution is -2.31. The average Bonchev–Trinajstić information content (AvgIpc) is 3.48. The van der Waals surface area contributed by atoms with E-state index < -0.39 is 0 Å². The molecule has 1 atom stereocenters. The van der Waals surface area contributed by atoms with E-state index in [0.717, 1.165) is 42.9 Å². The quantitative estimate of drug-likeness (QED) is 0.308. The maximum Gasteiger partial charge on any atom is 0.245 e. The van der Waals surface area contributed by atoms with Crippen molar-refractivity contribution in [2.24, 2.45) is 5.92 Å². The Morgan fingerprint density at radius 1 is 1.12 bits per heavy atom. The number of hydrogen-bond donors (Lipinski definition) is 0. The lowest BCUT2D eigenvalue weighted by molar-refractivity contribution is 0.525. The fraction of sp³-hybridized carbons (Fsp3) is 0.417. The summed E-state index contributed by atoms with van der Waals surface area (Å²) in [7, 11) is 0. The summed E-state index contributed by atoms with van der Waals surface area (Å²) in [5.74, 6) is 2.00. The SMILES string of the molecule is CCCN(c1nc(CC)n(-c2ccc(Cl)cc2Cl)n1)C(CC1CC1)c1ccc(F)cc1.Cl. The van der Waals surface area contributed by atoms with Gasteiger partial charge in [0.05, 0.1) is 16.8 Å². The van der Waals surface area contributed by atoms with Gasteiger partial charge in [-0.05, 0) is 54.7 Å². The second kappa shape index (κ2) is 10.9. The van der Waals surface area contributed by atoms with Crippen molar-refractivity contribution < 1.29 is 4.39 Å². The molecule has 0 radical (unpaired) electrons. The summed E-state index contributed by atoms with van der Waals surface area (Å²) < 4.78 is 15.4. The standard InChI is InChI=1S/C24H27Cl2FN4.ClH/c1-3-13-30(22(14-16-5-6-16)17-7-10-19(27)11-8-17)24-28-23(4-2)31(29-24)21-12-9-18(25)15-20(21)26;/h7-12,15-16,22H,3-6,13-14H2,1-2H3;1H. The van der Waals surface area contributed by atoms with Crippen molar-refractivity contribution in [1.29, 1.82) is 0 Å². The molecule has 32 heavy (non-hydrogen) atoms. The average molecular weight is 498 g/mol. The Morgan fingerprint density at radius 3 is 2.44 bits per heavy atom. The number of benzene rings is 2. The Hall–Kier alpha value is -1.82. The van der Waals surface area contributed by atoms with Gasteiger partial charge < -0.3 is 4.90 Å². The van der Waals surface area contributed by atoms with Gasteiger partial charge in [0.1, 0.15) is 11.6 Å². The number of hydrogen-bond acceptors (Lipinski definition) is 3. The van der Waals surface area contributed by atoms with Gasteiger partial charge in [-0.15, -0.1) is 17.5 Å². The molecule has 1 aliphatic carbocycles. The molecule has 3 aromatic rings. The molecule has 0 bridgehead atoms. The Labute approximate surface area is 205 Å². The third-order valence-electron chi connectivity index (χ3n) is 5.72. The van der Waals surface area contributed by atoms with Crippen molar-refractivity contribution in [3.8, 4) is 5.69 Å².